The lowest BCUT2D eigenvalue weighted by Crippen LogP contribution is -2.37. The van der Waals surface area contributed by atoms with E-state index in [1.54, 1.807) is 0 Å². The van der Waals surface area contributed by atoms with Gasteiger partial charge in [-0.05, 0) is 31.5 Å². The molecule has 0 bridgehead atoms. The highest BCUT2D eigenvalue weighted by Crippen LogP contribution is 2.35. The average Bonchev–Trinajstić information content (AvgIpc) is 2.54. The second-order valence-electron chi connectivity index (χ2n) is 4.46. The molecule has 1 aliphatic rings. The topological polar surface area (TPSA) is 9.23 Å². The van der Waals surface area contributed by atoms with Crippen molar-refractivity contribution in [3.63, 3.8) is 0 Å². The monoisotopic (exact) mass is 200 g/mol. The number of hydrogen-bond donors (Lipinski definition) is 0. The summed E-state index contributed by atoms with van der Waals surface area (Å²) in [5, 5.41) is 0. The zero-order valence-corrected chi connectivity index (χ0v) is 10.4. The Morgan fingerprint density at radius 2 is 1.85 bits per heavy atom. The van der Waals surface area contributed by atoms with E-state index in [0.29, 0.717) is 6.10 Å². The van der Waals surface area contributed by atoms with Crippen molar-refractivity contribution in [2.45, 2.75) is 70.7 Å². The Hall–Kier alpha value is 0.177. The highest BCUT2D eigenvalue weighted by atomic mass is 28.4. The first-order chi connectivity index (χ1) is 6.22. The molecule has 1 saturated heterocycles. The van der Waals surface area contributed by atoms with E-state index in [-0.39, 0.29) is 0 Å². The first-order valence-corrected chi connectivity index (χ1v) is 8.43. The molecule has 1 nitrogen and oxygen atoms in total. The predicted molar refractivity (Wildman–Crippen MR) is 60.5 cm³/mol. The third-order valence-corrected chi connectivity index (χ3v) is 8.03. The van der Waals surface area contributed by atoms with Crippen molar-refractivity contribution in [3.8, 4) is 0 Å². The molecule has 1 heterocycles. The molecule has 2 heteroatoms. The minimum absolute atomic E-state index is 0.523. The molecule has 13 heavy (non-hydrogen) atoms. The zero-order valence-electron chi connectivity index (χ0n) is 9.44. The molecule has 0 spiro atoms. The number of rotatable bonds is 5. The van der Waals surface area contributed by atoms with Gasteiger partial charge in [0.15, 0.2) is 8.32 Å². The van der Waals surface area contributed by atoms with E-state index in [0.717, 1.165) is 0 Å². The molecule has 0 N–H and O–H groups in total. The van der Waals surface area contributed by atoms with Gasteiger partial charge in [0.25, 0.3) is 0 Å². The van der Waals surface area contributed by atoms with E-state index < -0.39 is 8.32 Å². The molecule has 0 aliphatic carbocycles. The molecule has 1 fully saturated rings. The lowest BCUT2D eigenvalue weighted by atomic mass is 10.2. The summed E-state index contributed by atoms with van der Waals surface area (Å²) in [5.41, 5.74) is 0. The molecular formula is C11H24OSi. The SMILES string of the molecule is CCCC(C)O[Si]1(CC)CCCC1. The molecule has 1 unspecified atom stereocenters. The van der Waals surface area contributed by atoms with Gasteiger partial charge < -0.3 is 4.43 Å². The van der Waals surface area contributed by atoms with Crippen molar-refractivity contribution in [2.24, 2.45) is 0 Å². The molecular weight excluding hydrogens is 176 g/mol. The van der Waals surface area contributed by atoms with Crippen LogP contribution in [0, 0.1) is 0 Å². The molecule has 0 aromatic heterocycles. The minimum atomic E-state index is -1.21. The van der Waals surface area contributed by atoms with Crippen molar-refractivity contribution in [1.82, 2.24) is 0 Å². The Bertz CT molecular complexity index is 141. The van der Waals surface area contributed by atoms with Gasteiger partial charge in [-0.2, -0.15) is 0 Å². The fourth-order valence-electron chi connectivity index (χ4n) is 2.47. The molecule has 0 saturated carbocycles. The Balaban J connectivity index is 2.38. The van der Waals surface area contributed by atoms with Gasteiger partial charge in [-0.15, -0.1) is 0 Å². The van der Waals surface area contributed by atoms with E-state index in [4.69, 9.17) is 4.43 Å². The zero-order chi connectivity index (χ0) is 9.73. The molecule has 78 valence electrons. The third kappa shape index (κ3) is 3.10. The first kappa shape index (κ1) is 11.3. The van der Waals surface area contributed by atoms with E-state index >= 15 is 0 Å². The first-order valence-electron chi connectivity index (χ1n) is 5.90. The van der Waals surface area contributed by atoms with Crippen LogP contribution in [-0.4, -0.2) is 14.4 Å². The van der Waals surface area contributed by atoms with Crippen LogP contribution in [0.2, 0.25) is 18.1 Å². The van der Waals surface area contributed by atoms with Crippen molar-refractivity contribution >= 4 is 8.32 Å². The van der Waals surface area contributed by atoms with Gasteiger partial charge >= 0.3 is 0 Å². The molecule has 0 amide bonds. The van der Waals surface area contributed by atoms with Crippen molar-refractivity contribution < 1.29 is 4.43 Å². The van der Waals surface area contributed by atoms with Crippen LogP contribution in [0.25, 0.3) is 0 Å². The van der Waals surface area contributed by atoms with Gasteiger partial charge in [-0.1, -0.05) is 33.1 Å². The number of hydrogen-bond acceptors (Lipinski definition) is 1. The molecule has 0 aromatic rings. The van der Waals surface area contributed by atoms with Crippen molar-refractivity contribution in [3.05, 3.63) is 0 Å². The van der Waals surface area contributed by atoms with Crippen LogP contribution >= 0.6 is 0 Å². The van der Waals surface area contributed by atoms with E-state index in [1.807, 2.05) is 0 Å². The Labute approximate surface area is 84.0 Å². The van der Waals surface area contributed by atoms with Crippen LogP contribution in [0.4, 0.5) is 0 Å². The van der Waals surface area contributed by atoms with Crippen molar-refractivity contribution in [2.75, 3.05) is 0 Å². The summed E-state index contributed by atoms with van der Waals surface area (Å²) >= 11 is 0. The largest absolute Gasteiger partial charge is 0.414 e. The summed E-state index contributed by atoms with van der Waals surface area (Å²) in [5.74, 6) is 0. The smallest absolute Gasteiger partial charge is 0.192 e. The highest BCUT2D eigenvalue weighted by molar-refractivity contribution is 6.74. The maximum atomic E-state index is 6.33. The fourth-order valence-corrected chi connectivity index (χ4v) is 6.59. The van der Waals surface area contributed by atoms with Crippen LogP contribution in [-0.2, 0) is 4.43 Å². The van der Waals surface area contributed by atoms with Crippen LogP contribution in [0.15, 0.2) is 0 Å². The third-order valence-electron chi connectivity index (χ3n) is 3.31. The van der Waals surface area contributed by atoms with Gasteiger partial charge in [0.1, 0.15) is 0 Å². The molecule has 0 radical (unpaired) electrons. The summed E-state index contributed by atoms with van der Waals surface area (Å²) in [4.78, 5) is 0. The van der Waals surface area contributed by atoms with E-state index in [1.165, 1.54) is 43.8 Å². The van der Waals surface area contributed by atoms with E-state index in [2.05, 4.69) is 20.8 Å². The van der Waals surface area contributed by atoms with Gasteiger partial charge in [0.2, 0.25) is 0 Å². The van der Waals surface area contributed by atoms with Crippen molar-refractivity contribution in [1.29, 1.82) is 0 Å². The summed E-state index contributed by atoms with van der Waals surface area (Å²) in [6, 6.07) is 4.19. The Morgan fingerprint density at radius 3 is 2.31 bits per heavy atom. The maximum Gasteiger partial charge on any atom is 0.192 e. The Morgan fingerprint density at radius 1 is 1.23 bits per heavy atom. The average molecular weight is 200 g/mol. The van der Waals surface area contributed by atoms with Gasteiger partial charge in [-0.3, -0.25) is 0 Å². The van der Waals surface area contributed by atoms with Crippen LogP contribution < -0.4 is 0 Å². The highest BCUT2D eigenvalue weighted by Gasteiger charge is 2.37. The quantitative estimate of drug-likeness (QED) is 0.611. The molecule has 1 atom stereocenters. The lowest BCUT2D eigenvalue weighted by Gasteiger charge is -2.29. The van der Waals surface area contributed by atoms with Gasteiger partial charge in [0, 0.05) is 6.10 Å². The minimum Gasteiger partial charge on any atom is -0.414 e. The molecule has 0 aromatic carbocycles. The van der Waals surface area contributed by atoms with Gasteiger partial charge in [0.05, 0.1) is 0 Å². The molecule has 1 aliphatic heterocycles. The molecule has 1 rings (SSSR count). The maximum absolute atomic E-state index is 6.33. The lowest BCUT2D eigenvalue weighted by molar-refractivity contribution is 0.196. The van der Waals surface area contributed by atoms with Crippen LogP contribution in [0.3, 0.4) is 0 Å². The van der Waals surface area contributed by atoms with Crippen LogP contribution in [0.5, 0.6) is 0 Å². The summed E-state index contributed by atoms with van der Waals surface area (Å²) in [6.45, 7) is 6.83. The Kier molecular flexibility index (Phi) is 4.46. The van der Waals surface area contributed by atoms with E-state index in [9.17, 15) is 0 Å². The second-order valence-corrected chi connectivity index (χ2v) is 8.77. The standard InChI is InChI=1S/C11H24OSi/c1-4-8-11(3)12-13(5-2)9-6-7-10-13/h11H,4-10H2,1-3H3. The summed E-state index contributed by atoms with van der Waals surface area (Å²) < 4.78 is 6.33. The van der Waals surface area contributed by atoms with Crippen LogP contribution in [0.1, 0.15) is 46.5 Å². The summed E-state index contributed by atoms with van der Waals surface area (Å²) in [7, 11) is -1.21. The normalized spacial score (nSPS) is 23.3. The predicted octanol–water partition coefficient (Wildman–Crippen LogP) is 3.95. The fraction of sp³-hybridized carbons (Fsp3) is 1.00. The summed E-state index contributed by atoms with van der Waals surface area (Å²) in [6.07, 6.45) is 5.89. The van der Waals surface area contributed by atoms with Gasteiger partial charge in [-0.25, -0.2) is 0 Å². The second kappa shape index (κ2) is 5.16.